The molecule has 1 unspecified atom stereocenters. The molecule has 1 aromatic carbocycles. The average molecular weight is 337 g/mol. The number of hydrogen-bond donors (Lipinski definition) is 3. The number of amides is 2. The maximum Gasteiger partial charge on any atom is 0.258 e. The molecule has 1 atom stereocenters. The van der Waals surface area contributed by atoms with Gasteiger partial charge in [-0.2, -0.15) is 0 Å². The van der Waals surface area contributed by atoms with Crippen LogP contribution in [-0.4, -0.2) is 51.3 Å². The summed E-state index contributed by atoms with van der Waals surface area (Å²) in [4.78, 5) is 23.6. The third-order valence-corrected chi connectivity index (χ3v) is 3.42. The topological polar surface area (TPSA) is 112 Å². The van der Waals surface area contributed by atoms with E-state index >= 15 is 0 Å². The van der Waals surface area contributed by atoms with Crippen LogP contribution in [0.25, 0.3) is 0 Å². The van der Waals surface area contributed by atoms with Crippen LogP contribution in [-0.2, 0) is 14.3 Å². The number of rotatable bonds is 9. The predicted molar refractivity (Wildman–Crippen MR) is 88.1 cm³/mol. The van der Waals surface area contributed by atoms with Crippen LogP contribution in [0.3, 0.4) is 0 Å². The van der Waals surface area contributed by atoms with Gasteiger partial charge in [0.15, 0.2) is 18.1 Å². The number of anilines is 1. The molecule has 4 N–H and O–H groups in total. The summed E-state index contributed by atoms with van der Waals surface area (Å²) in [6.07, 6.45) is 2.02. The van der Waals surface area contributed by atoms with E-state index in [9.17, 15) is 9.59 Å². The fourth-order valence-corrected chi connectivity index (χ4v) is 2.00. The number of carbonyl (C=O) groups is 2. The molecule has 24 heavy (non-hydrogen) atoms. The van der Waals surface area contributed by atoms with Crippen LogP contribution in [0.4, 0.5) is 5.69 Å². The van der Waals surface area contributed by atoms with Crippen molar-refractivity contribution in [1.29, 1.82) is 0 Å². The molecule has 132 valence electrons. The zero-order valence-electron chi connectivity index (χ0n) is 13.8. The Morgan fingerprint density at radius 2 is 2.04 bits per heavy atom. The molecule has 0 bridgehead atoms. The summed E-state index contributed by atoms with van der Waals surface area (Å²) in [7, 11) is 2.97. The largest absolute Gasteiger partial charge is 0.493 e. The average Bonchev–Trinajstić information content (AvgIpc) is 3.37. The maximum absolute atomic E-state index is 11.9. The van der Waals surface area contributed by atoms with Gasteiger partial charge in [0.1, 0.15) is 6.04 Å². The second kappa shape index (κ2) is 8.51. The summed E-state index contributed by atoms with van der Waals surface area (Å²) in [6, 6.07) is 4.39. The van der Waals surface area contributed by atoms with Crippen molar-refractivity contribution < 1.29 is 23.8 Å². The summed E-state index contributed by atoms with van der Waals surface area (Å²) < 4.78 is 15.6. The molecule has 1 aliphatic rings. The van der Waals surface area contributed by atoms with E-state index in [0.29, 0.717) is 17.2 Å². The molecule has 1 fully saturated rings. The third-order valence-electron chi connectivity index (χ3n) is 3.42. The number of carbonyl (C=O) groups excluding carboxylic acids is 2. The molecule has 1 saturated carbocycles. The Bertz CT molecular complexity index is 589. The first-order chi connectivity index (χ1) is 11.5. The first-order valence-electron chi connectivity index (χ1n) is 7.69. The molecule has 0 aliphatic heterocycles. The van der Waals surface area contributed by atoms with Crippen molar-refractivity contribution in [3.63, 3.8) is 0 Å². The summed E-state index contributed by atoms with van der Waals surface area (Å²) >= 11 is 0. The molecule has 2 amide bonds. The Morgan fingerprint density at radius 1 is 1.29 bits per heavy atom. The van der Waals surface area contributed by atoms with Gasteiger partial charge in [-0.25, -0.2) is 0 Å². The first-order valence-corrected chi connectivity index (χ1v) is 7.69. The Labute approximate surface area is 140 Å². The van der Waals surface area contributed by atoms with Gasteiger partial charge >= 0.3 is 0 Å². The highest BCUT2D eigenvalue weighted by atomic mass is 16.5. The van der Waals surface area contributed by atoms with Gasteiger partial charge in [-0.1, -0.05) is 0 Å². The van der Waals surface area contributed by atoms with Crippen molar-refractivity contribution in [3.05, 3.63) is 18.2 Å². The molecule has 8 heteroatoms. The Kier molecular flexibility index (Phi) is 6.39. The number of benzene rings is 1. The lowest BCUT2D eigenvalue weighted by molar-refractivity contribution is -0.123. The molecule has 1 aromatic rings. The van der Waals surface area contributed by atoms with Gasteiger partial charge in [0.2, 0.25) is 5.91 Å². The van der Waals surface area contributed by atoms with E-state index in [1.165, 1.54) is 14.2 Å². The van der Waals surface area contributed by atoms with E-state index in [-0.39, 0.29) is 31.1 Å². The van der Waals surface area contributed by atoms with Gasteiger partial charge in [0.05, 0.1) is 13.7 Å². The number of methoxy groups -OCH3 is 2. The second-order valence-electron chi connectivity index (χ2n) is 5.55. The maximum atomic E-state index is 11.9. The molecular formula is C16H23N3O5. The van der Waals surface area contributed by atoms with Crippen LogP contribution < -0.4 is 25.8 Å². The molecule has 0 heterocycles. The van der Waals surface area contributed by atoms with Crippen molar-refractivity contribution in [2.75, 3.05) is 32.8 Å². The molecule has 1 aliphatic carbocycles. The molecule has 0 radical (unpaired) electrons. The summed E-state index contributed by atoms with van der Waals surface area (Å²) in [5.74, 6) is 0.269. The van der Waals surface area contributed by atoms with Crippen LogP contribution >= 0.6 is 0 Å². The minimum Gasteiger partial charge on any atom is -0.493 e. The lowest BCUT2D eigenvalue weighted by Gasteiger charge is -2.14. The summed E-state index contributed by atoms with van der Waals surface area (Å²) in [5, 5.41) is 5.50. The van der Waals surface area contributed by atoms with E-state index in [1.54, 1.807) is 18.2 Å². The third kappa shape index (κ3) is 5.39. The van der Waals surface area contributed by atoms with Gasteiger partial charge in [0, 0.05) is 24.9 Å². The van der Waals surface area contributed by atoms with Crippen LogP contribution in [0.15, 0.2) is 18.2 Å². The van der Waals surface area contributed by atoms with E-state index in [0.717, 1.165) is 12.8 Å². The summed E-state index contributed by atoms with van der Waals surface area (Å²) in [5.41, 5.74) is 6.17. The normalized spacial score (nSPS) is 14.6. The Hall–Kier alpha value is -2.32. The molecule has 0 aromatic heterocycles. The predicted octanol–water partition coefficient (Wildman–Crippen LogP) is 0.265. The second-order valence-corrected chi connectivity index (χ2v) is 5.55. The fourth-order valence-electron chi connectivity index (χ4n) is 2.00. The first kappa shape index (κ1) is 18.0. The molecule has 2 rings (SSSR count). The van der Waals surface area contributed by atoms with Crippen molar-refractivity contribution in [2.45, 2.75) is 24.9 Å². The van der Waals surface area contributed by atoms with Crippen LogP contribution in [0.1, 0.15) is 12.8 Å². The van der Waals surface area contributed by atoms with E-state index in [1.807, 2.05) is 0 Å². The standard InChI is InChI=1S/C16H23N3O5/c1-22-8-12(17)16(21)19-11-5-6-13(23-2)14(7-11)24-9-15(20)18-10-3-4-10/h5-7,10,12H,3-4,8-9,17H2,1-2H3,(H,18,20)(H,19,21). The highest BCUT2D eigenvalue weighted by Crippen LogP contribution is 2.30. The Morgan fingerprint density at radius 3 is 2.67 bits per heavy atom. The number of nitrogens with one attached hydrogen (secondary N) is 2. The molecule has 8 nitrogen and oxygen atoms in total. The van der Waals surface area contributed by atoms with Gasteiger partial charge in [0.25, 0.3) is 5.91 Å². The zero-order chi connectivity index (χ0) is 17.5. The monoisotopic (exact) mass is 337 g/mol. The smallest absolute Gasteiger partial charge is 0.258 e. The van der Waals surface area contributed by atoms with Gasteiger partial charge < -0.3 is 30.6 Å². The molecule has 0 spiro atoms. The zero-order valence-corrected chi connectivity index (χ0v) is 13.8. The van der Waals surface area contributed by atoms with Crippen LogP contribution in [0.2, 0.25) is 0 Å². The number of hydrogen-bond acceptors (Lipinski definition) is 6. The highest BCUT2D eigenvalue weighted by Gasteiger charge is 2.23. The lowest BCUT2D eigenvalue weighted by Crippen LogP contribution is -2.39. The van der Waals surface area contributed by atoms with E-state index < -0.39 is 6.04 Å². The quantitative estimate of drug-likeness (QED) is 0.596. The molecule has 0 saturated heterocycles. The van der Waals surface area contributed by atoms with Gasteiger partial charge in [-0.3, -0.25) is 9.59 Å². The summed E-state index contributed by atoms with van der Waals surface area (Å²) in [6.45, 7) is 0.000130. The van der Waals surface area contributed by atoms with Crippen molar-refractivity contribution >= 4 is 17.5 Å². The SMILES string of the molecule is COCC(N)C(=O)Nc1ccc(OC)c(OCC(=O)NC2CC2)c1. The minimum atomic E-state index is -0.772. The minimum absolute atomic E-state index is 0.118. The van der Waals surface area contributed by atoms with E-state index in [4.69, 9.17) is 19.9 Å². The van der Waals surface area contributed by atoms with E-state index in [2.05, 4.69) is 10.6 Å². The van der Waals surface area contributed by atoms with Gasteiger partial charge in [-0.15, -0.1) is 0 Å². The molecular weight excluding hydrogens is 314 g/mol. The fraction of sp³-hybridized carbons (Fsp3) is 0.500. The number of nitrogens with two attached hydrogens (primary N) is 1. The lowest BCUT2D eigenvalue weighted by atomic mass is 10.2. The number of ether oxygens (including phenoxy) is 3. The van der Waals surface area contributed by atoms with Crippen molar-refractivity contribution in [3.8, 4) is 11.5 Å². The van der Waals surface area contributed by atoms with Crippen molar-refractivity contribution in [2.24, 2.45) is 5.73 Å². The highest BCUT2D eigenvalue weighted by molar-refractivity contribution is 5.95. The Balaban J connectivity index is 1.97. The van der Waals surface area contributed by atoms with Crippen LogP contribution in [0.5, 0.6) is 11.5 Å². The van der Waals surface area contributed by atoms with Crippen LogP contribution in [0, 0.1) is 0 Å². The van der Waals surface area contributed by atoms with Gasteiger partial charge in [-0.05, 0) is 25.0 Å². The van der Waals surface area contributed by atoms with Crippen molar-refractivity contribution in [1.82, 2.24) is 5.32 Å².